The van der Waals surface area contributed by atoms with Crippen LogP contribution >= 0.6 is 0 Å². The summed E-state index contributed by atoms with van der Waals surface area (Å²) in [5, 5.41) is 5.04. The van der Waals surface area contributed by atoms with E-state index in [-0.39, 0.29) is 30.1 Å². The molecular formula is C18H16N2O4. The van der Waals surface area contributed by atoms with Crippen LogP contribution in [0.15, 0.2) is 53.2 Å². The molecule has 0 aliphatic carbocycles. The molecule has 0 radical (unpaired) electrons. The molecule has 2 N–H and O–H groups in total. The van der Waals surface area contributed by atoms with Crippen molar-refractivity contribution in [1.29, 1.82) is 0 Å². The fourth-order valence-electron chi connectivity index (χ4n) is 2.51. The van der Waals surface area contributed by atoms with E-state index in [1.165, 1.54) is 12.3 Å². The summed E-state index contributed by atoms with van der Waals surface area (Å²) >= 11 is 0. The molecule has 1 aliphatic heterocycles. The Morgan fingerprint density at radius 1 is 1.25 bits per heavy atom. The van der Waals surface area contributed by atoms with E-state index in [0.29, 0.717) is 17.9 Å². The Kier molecular flexibility index (Phi) is 4.56. The maximum atomic E-state index is 11.8. The van der Waals surface area contributed by atoms with Crippen molar-refractivity contribution >= 4 is 29.5 Å². The second kappa shape index (κ2) is 6.95. The minimum atomic E-state index is -0.311. The maximum Gasteiger partial charge on any atom is 0.248 e. The van der Waals surface area contributed by atoms with Crippen molar-refractivity contribution in [2.75, 3.05) is 5.32 Å². The molecule has 1 fully saturated rings. The van der Waals surface area contributed by atoms with Gasteiger partial charge in [-0.2, -0.15) is 0 Å². The summed E-state index contributed by atoms with van der Waals surface area (Å²) in [6.45, 7) is 0. The zero-order valence-corrected chi connectivity index (χ0v) is 12.8. The highest BCUT2D eigenvalue weighted by Crippen LogP contribution is 2.19. The second-order valence-electron chi connectivity index (χ2n) is 5.55. The highest BCUT2D eigenvalue weighted by atomic mass is 16.3. The van der Waals surface area contributed by atoms with Crippen molar-refractivity contribution in [2.45, 2.75) is 12.8 Å². The van der Waals surface area contributed by atoms with Gasteiger partial charge >= 0.3 is 0 Å². The average molecular weight is 324 g/mol. The maximum absolute atomic E-state index is 11.8. The fraction of sp³-hybridized carbons (Fsp3) is 0.167. The summed E-state index contributed by atoms with van der Waals surface area (Å²) < 4.78 is 5.11. The topological polar surface area (TPSA) is 88.4 Å². The number of furan rings is 1. The van der Waals surface area contributed by atoms with Crippen LogP contribution in [0.3, 0.4) is 0 Å². The van der Waals surface area contributed by atoms with Gasteiger partial charge in [0.1, 0.15) is 5.76 Å². The first kappa shape index (κ1) is 15.7. The summed E-state index contributed by atoms with van der Waals surface area (Å²) in [7, 11) is 0. The highest BCUT2D eigenvalue weighted by Gasteiger charge is 2.30. The van der Waals surface area contributed by atoms with Gasteiger partial charge < -0.3 is 9.73 Å². The van der Waals surface area contributed by atoms with Crippen LogP contribution in [-0.2, 0) is 20.8 Å². The second-order valence-corrected chi connectivity index (χ2v) is 5.55. The van der Waals surface area contributed by atoms with Gasteiger partial charge in [-0.3, -0.25) is 19.7 Å². The van der Waals surface area contributed by atoms with Crippen LogP contribution in [0.5, 0.6) is 0 Å². The first-order valence-electron chi connectivity index (χ1n) is 7.55. The molecule has 3 rings (SSSR count). The third kappa shape index (κ3) is 3.98. The summed E-state index contributed by atoms with van der Waals surface area (Å²) in [5.74, 6) is -0.420. The van der Waals surface area contributed by atoms with Crippen LogP contribution in [-0.4, -0.2) is 17.7 Å². The smallest absolute Gasteiger partial charge is 0.248 e. The highest BCUT2D eigenvalue weighted by molar-refractivity contribution is 6.03. The minimum absolute atomic E-state index is 0.222. The molecule has 1 aromatic heterocycles. The predicted molar refractivity (Wildman–Crippen MR) is 87.8 cm³/mol. The van der Waals surface area contributed by atoms with Gasteiger partial charge in [-0.25, -0.2) is 0 Å². The Balaban J connectivity index is 1.55. The summed E-state index contributed by atoms with van der Waals surface area (Å²) in [6.07, 6.45) is 5.24. The number of imide groups is 1. The van der Waals surface area contributed by atoms with Crippen LogP contribution in [0, 0.1) is 5.92 Å². The number of amides is 3. The lowest BCUT2D eigenvalue weighted by Gasteiger charge is -2.07. The number of hydrogen-bond donors (Lipinski definition) is 2. The molecular weight excluding hydrogens is 308 g/mol. The average Bonchev–Trinajstić information content (AvgIpc) is 3.17. The van der Waals surface area contributed by atoms with E-state index in [0.717, 1.165) is 5.56 Å². The molecule has 24 heavy (non-hydrogen) atoms. The SMILES string of the molecule is O=C(/C=C\c1ccco1)Nc1ccc(C[C@H]2CC(=O)NC2=O)cc1. The number of anilines is 1. The van der Waals surface area contributed by atoms with E-state index in [1.807, 2.05) is 12.1 Å². The monoisotopic (exact) mass is 324 g/mol. The molecule has 2 aromatic rings. The zero-order valence-electron chi connectivity index (χ0n) is 12.8. The molecule has 0 bridgehead atoms. The molecule has 6 nitrogen and oxygen atoms in total. The van der Waals surface area contributed by atoms with Crippen molar-refractivity contribution < 1.29 is 18.8 Å². The van der Waals surface area contributed by atoms with Crippen LogP contribution in [0.1, 0.15) is 17.7 Å². The van der Waals surface area contributed by atoms with Crippen molar-refractivity contribution in [3.8, 4) is 0 Å². The van der Waals surface area contributed by atoms with Gasteiger partial charge in [-0.1, -0.05) is 12.1 Å². The number of rotatable bonds is 5. The van der Waals surface area contributed by atoms with E-state index in [1.54, 1.807) is 30.3 Å². The molecule has 1 saturated heterocycles. The Hall–Kier alpha value is -3.15. The van der Waals surface area contributed by atoms with E-state index in [9.17, 15) is 14.4 Å². The van der Waals surface area contributed by atoms with E-state index in [4.69, 9.17) is 4.42 Å². The number of benzene rings is 1. The number of carbonyl (C=O) groups excluding carboxylic acids is 3. The van der Waals surface area contributed by atoms with Gasteiger partial charge in [0.15, 0.2) is 0 Å². The molecule has 0 unspecified atom stereocenters. The lowest BCUT2D eigenvalue weighted by Crippen LogP contribution is -2.22. The standard InChI is InChI=1S/C18H16N2O4/c21-16(8-7-15-2-1-9-24-15)19-14-5-3-12(4-6-14)10-13-11-17(22)20-18(13)23/h1-9,13H,10-11H2,(H,19,21)(H,20,22,23)/b8-7-/t13-/m0/s1. The quantitative estimate of drug-likeness (QED) is 0.651. The molecule has 122 valence electrons. The van der Waals surface area contributed by atoms with E-state index < -0.39 is 0 Å². The van der Waals surface area contributed by atoms with Gasteiger partial charge in [0.2, 0.25) is 17.7 Å². The third-order valence-corrected chi connectivity index (χ3v) is 3.71. The van der Waals surface area contributed by atoms with Crippen molar-refractivity contribution in [2.24, 2.45) is 5.92 Å². The van der Waals surface area contributed by atoms with Gasteiger partial charge in [0, 0.05) is 18.2 Å². The van der Waals surface area contributed by atoms with Crippen LogP contribution < -0.4 is 10.6 Å². The lowest BCUT2D eigenvalue weighted by molar-refractivity contribution is -0.125. The largest absolute Gasteiger partial charge is 0.465 e. The van der Waals surface area contributed by atoms with Crippen molar-refractivity contribution in [1.82, 2.24) is 5.32 Å². The lowest BCUT2D eigenvalue weighted by atomic mass is 9.98. The summed E-state index contributed by atoms with van der Waals surface area (Å²) in [6, 6.07) is 10.7. The molecule has 1 aliphatic rings. The van der Waals surface area contributed by atoms with Gasteiger partial charge in [0.05, 0.1) is 12.2 Å². The van der Waals surface area contributed by atoms with Crippen molar-refractivity contribution in [3.63, 3.8) is 0 Å². The first-order valence-corrected chi connectivity index (χ1v) is 7.55. The normalized spacial score (nSPS) is 17.2. The Morgan fingerprint density at radius 3 is 2.67 bits per heavy atom. The summed E-state index contributed by atoms with van der Waals surface area (Å²) in [5.41, 5.74) is 1.59. The van der Waals surface area contributed by atoms with Crippen LogP contribution in [0.2, 0.25) is 0 Å². The Morgan fingerprint density at radius 2 is 2.04 bits per heavy atom. The Labute approximate surface area is 138 Å². The van der Waals surface area contributed by atoms with E-state index in [2.05, 4.69) is 10.6 Å². The Bertz CT molecular complexity index is 776. The molecule has 1 atom stereocenters. The first-order chi connectivity index (χ1) is 11.6. The molecule has 0 saturated carbocycles. The number of nitrogens with one attached hydrogen (secondary N) is 2. The predicted octanol–water partition coefficient (Wildman–Crippen LogP) is 2.14. The molecule has 2 heterocycles. The minimum Gasteiger partial charge on any atom is -0.465 e. The van der Waals surface area contributed by atoms with Crippen LogP contribution in [0.25, 0.3) is 6.08 Å². The van der Waals surface area contributed by atoms with Crippen molar-refractivity contribution in [3.05, 3.63) is 60.1 Å². The molecule has 0 spiro atoms. The van der Waals surface area contributed by atoms with Crippen LogP contribution in [0.4, 0.5) is 5.69 Å². The molecule has 6 heteroatoms. The molecule has 1 aromatic carbocycles. The van der Waals surface area contributed by atoms with Gasteiger partial charge in [0.25, 0.3) is 0 Å². The number of carbonyl (C=O) groups is 3. The van der Waals surface area contributed by atoms with Gasteiger partial charge in [-0.05, 0) is 42.3 Å². The number of hydrogen-bond acceptors (Lipinski definition) is 4. The molecule has 3 amide bonds. The van der Waals surface area contributed by atoms with Gasteiger partial charge in [-0.15, -0.1) is 0 Å². The zero-order chi connectivity index (χ0) is 16.9. The summed E-state index contributed by atoms with van der Waals surface area (Å²) in [4.78, 5) is 34.6. The third-order valence-electron chi connectivity index (χ3n) is 3.71. The van der Waals surface area contributed by atoms with E-state index >= 15 is 0 Å². The fourth-order valence-corrected chi connectivity index (χ4v) is 2.51.